The van der Waals surface area contributed by atoms with Crippen molar-refractivity contribution in [3.05, 3.63) is 35.4 Å². The average Bonchev–Trinajstić information content (AvgIpc) is 2.64. The molecule has 1 aromatic rings. The van der Waals surface area contributed by atoms with Crippen LogP contribution in [0.25, 0.3) is 0 Å². The maximum atomic E-state index is 12.5. The van der Waals surface area contributed by atoms with E-state index in [1.807, 2.05) is 0 Å². The lowest BCUT2D eigenvalue weighted by Gasteiger charge is -2.10. The summed E-state index contributed by atoms with van der Waals surface area (Å²) in [5.74, 6) is 1.23. The van der Waals surface area contributed by atoms with Crippen LogP contribution in [0.1, 0.15) is 11.1 Å². The van der Waals surface area contributed by atoms with E-state index >= 15 is 0 Å². The van der Waals surface area contributed by atoms with Gasteiger partial charge >= 0.3 is 6.18 Å². The van der Waals surface area contributed by atoms with Crippen molar-refractivity contribution in [1.82, 2.24) is 0 Å². The lowest BCUT2D eigenvalue weighted by atomic mass is 9.97. The van der Waals surface area contributed by atoms with Gasteiger partial charge in [-0.25, -0.2) is 0 Å². The Morgan fingerprint density at radius 1 is 1.35 bits per heavy atom. The van der Waals surface area contributed by atoms with Crippen molar-refractivity contribution >= 4 is 17.5 Å². The average molecular weight is 260 g/mol. The van der Waals surface area contributed by atoms with Crippen molar-refractivity contribution in [2.24, 2.45) is 5.92 Å². The van der Waals surface area contributed by atoms with Crippen LogP contribution in [0.3, 0.4) is 0 Å². The van der Waals surface area contributed by atoms with Crippen LogP contribution >= 0.6 is 11.8 Å². The van der Waals surface area contributed by atoms with Crippen molar-refractivity contribution in [2.75, 3.05) is 11.5 Å². The molecule has 0 bridgehead atoms. The molecular formula is C12H11F3OS. The van der Waals surface area contributed by atoms with Gasteiger partial charge in [-0.2, -0.15) is 24.9 Å². The van der Waals surface area contributed by atoms with Gasteiger partial charge in [0.15, 0.2) is 0 Å². The first-order valence-electron chi connectivity index (χ1n) is 5.23. The maximum absolute atomic E-state index is 12.5. The summed E-state index contributed by atoms with van der Waals surface area (Å²) < 4.78 is 37.5. The van der Waals surface area contributed by atoms with Crippen molar-refractivity contribution < 1.29 is 18.0 Å². The second-order valence-corrected chi connectivity index (χ2v) is 5.11. The van der Waals surface area contributed by atoms with E-state index in [0.29, 0.717) is 17.7 Å². The third-order valence-electron chi connectivity index (χ3n) is 2.76. The molecule has 1 aliphatic rings. The highest BCUT2D eigenvalue weighted by Gasteiger charge is 2.31. The Kier molecular flexibility index (Phi) is 3.47. The topological polar surface area (TPSA) is 17.1 Å². The molecule has 1 fully saturated rings. The first-order valence-corrected chi connectivity index (χ1v) is 6.39. The molecule has 0 N–H and O–H groups in total. The maximum Gasteiger partial charge on any atom is 0.416 e. The van der Waals surface area contributed by atoms with E-state index in [1.54, 1.807) is 17.8 Å². The number of hydrogen-bond donors (Lipinski definition) is 0. The van der Waals surface area contributed by atoms with Gasteiger partial charge in [0.2, 0.25) is 0 Å². The summed E-state index contributed by atoms with van der Waals surface area (Å²) in [4.78, 5) is 11.4. The van der Waals surface area contributed by atoms with Gasteiger partial charge in [-0.05, 0) is 18.1 Å². The van der Waals surface area contributed by atoms with Gasteiger partial charge in [0.05, 0.1) is 11.3 Å². The second kappa shape index (κ2) is 4.72. The van der Waals surface area contributed by atoms with E-state index in [0.717, 1.165) is 17.9 Å². The number of rotatable bonds is 2. The second-order valence-electron chi connectivity index (χ2n) is 4.08. The molecule has 17 heavy (non-hydrogen) atoms. The van der Waals surface area contributed by atoms with Gasteiger partial charge in [0.1, 0.15) is 5.78 Å². The van der Waals surface area contributed by atoms with Crippen LogP contribution in [0.2, 0.25) is 0 Å². The highest BCUT2D eigenvalue weighted by molar-refractivity contribution is 8.00. The minimum atomic E-state index is -4.32. The molecule has 0 aliphatic carbocycles. The molecule has 5 heteroatoms. The molecule has 1 heterocycles. The molecule has 92 valence electrons. The number of halogens is 3. The summed E-state index contributed by atoms with van der Waals surface area (Å²) in [6.45, 7) is 0. The lowest BCUT2D eigenvalue weighted by Crippen LogP contribution is -2.14. The Bertz CT molecular complexity index is 428. The van der Waals surface area contributed by atoms with Crippen molar-refractivity contribution in [1.29, 1.82) is 0 Å². The number of alkyl halides is 3. The lowest BCUT2D eigenvalue weighted by molar-refractivity contribution is -0.137. The van der Waals surface area contributed by atoms with Gasteiger partial charge in [-0.1, -0.05) is 18.2 Å². The zero-order valence-electron chi connectivity index (χ0n) is 8.96. The molecule has 0 spiro atoms. The standard InChI is InChI=1S/C12H11F3OS/c13-12(14,15)10-3-1-2-8(5-10)4-9-6-17-7-11(9)16/h1-3,5,9H,4,6-7H2. The first kappa shape index (κ1) is 12.5. The predicted molar refractivity (Wildman–Crippen MR) is 61.0 cm³/mol. The quantitative estimate of drug-likeness (QED) is 0.812. The van der Waals surface area contributed by atoms with E-state index in [9.17, 15) is 18.0 Å². The number of thioether (sulfide) groups is 1. The van der Waals surface area contributed by atoms with E-state index in [4.69, 9.17) is 0 Å². The van der Waals surface area contributed by atoms with Crippen LogP contribution in [0, 0.1) is 5.92 Å². The minimum Gasteiger partial charge on any atom is -0.298 e. The number of hydrogen-bond acceptors (Lipinski definition) is 2. The van der Waals surface area contributed by atoms with Crippen LogP contribution in [0.5, 0.6) is 0 Å². The highest BCUT2D eigenvalue weighted by Crippen LogP contribution is 2.31. The largest absolute Gasteiger partial charge is 0.416 e. The molecule has 1 saturated heterocycles. The summed E-state index contributed by atoms with van der Waals surface area (Å²) >= 11 is 1.55. The number of benzene rings is 1. The predicted octanol–water partition coefficient (Wildman–Crippen LogP) is 3.18. The Labute approximate surface area is 101 Å². The first-order chi connectivity index (χ1) is 7.97. The molecule has 0 saturated carbocycles. The Balaban J connectivity index is 2.14. The summed E-state index contributed by atoms with van der Waals surface area (Å²) in [5.41, 5.74) is -0.0613. The van der Waals surface area contributed by atoms with Crippen molar-refractivity contribution in [3.63, 3.8) is 0 Å². The van der Waals surface area contributed by atoms with E-state index in [1.165, 1.54) is 6.07 Å². The molecule has 1 unspecified atom stereocenters. The van der Waals surface area contributed by atoms with Crippen LogP contribution in [-0.4, -0.2) is 17.3 Å². The van der Waals surface area contributed by atoms with E-state index < -0.39 is 11.7 Å². The fraction of sp³-hybridized carbons (Fsp3) is 0.417. The van der Waals surface area contributed by atoms with Gasteiger partial charge < -0.3 is 0 Å². The van der Waals surface area contributed by atoms with Crippen LogP contribution in [0.4, 0.5) is 13.2 Å². The molecule has 0 aromatic heterocycles. The van der Waals surface area contributed by atoms with Crippen LogP contribution < -0.4 is 0 Å². The number of carbonyl (C=O) groups excluding carboxylic acids is 1. The molecular weight excluding hydrogens is 249 g/mol. The fourth-order valence-corrected chi connectivity index (χ4v) is 2.99. The molecule has 0 radical (unpaired) electrons. The molecule has 1 aliphatic heterocycles. The summed E-state index contributed by atoms with van der Waals surface area (Å²) in [7, 11) is 0. The molecule has 1 aromatic carbocycles. The number of carbonyl (C=O) groups is 1. The van der Waals surface area contributed by atoms with E-state index in [-0.39, 0.29) is 11.7 Å². The highest BCUT2D eigenvalue weighted by atomic mass is 32.2. The SMILES string of the molecule is O=C1CSCC1Cc1cccc(C(F)(F)F)c1. The molecule has 1 nitrogen and oxygen atoms in total. The summed E-state index contributed by atoms with van der Waals surface area (Å²) in [6.07, 6.45) is -3.90. The molecule has 2 rings (SSSR count). The van der Waals surface area contributed by atoms with Gasteiger partial charge in [0.25, 0.3) is 0 Å². The zero-order valence-corrected chi connectivity index (χ0v) is 9.77. The minimum absolute atomic E-state index is 0.122. The zero-order chi connectivity index (χ0) is 12.5. The summed E-state index contributed by atoms with van der Waals surface area (Å²) in [6, 6.07) is 5.22. The normalized spacial score (nSPS) is 20.9. The van der Waals surface area contributed by atoms with Gasteiger partial charge in [-0.3, -0.25) is 4.79 Å². The third-order valence-corrected chi connectivity index (χ3v) is 3.88. The van der Waals surface area contributed by atoms with Gasteiger partial charge in [0, 0.05) is 11.7 Å². The van der Waals surface area contributed by atoms with E-state index in [2.05, 4.69) is 0 Å². The van der Waals surface area contributed by atoms with Crippen molar-refractivity contribution in [3.8, 4) is 0 Å². The van der Waals surface area contributed by atoms with Crippen LogP contribution in [0.15, 0.2) is 24.3 Å². The number of ketones is 1. The summed E-state index contributed by atoms with van der Waals surface area (Å²) in [5, 5.41) is 0. The smallest absolute Gasteiger partial charge is 0.298 e. The third kappa shape index (κ3) is 3.03. The Morgan fingerprint density at radius 3 is 2.71 bits per heavy atom. The van der Waals surface area contributed by atoms with Crippen LogP contribution in [-0.2, 0) is 17.4 Å². The monoisotopic (exact) mass is 260 g/mol. The Morgan fingerprint density at radius 2 is 2.12 bits per heavy atom. The number of Topliss-reactive ketones (excluding diaryl/α,β-unsaturated/α-hetero) is 1. The molecule has 0 amide bonds. The fourth-order valence-electron chi connectivity index (χ4n) is 1.84. The van der Waals surface area contributed by atoms with Gasteiger partial charge in [-0.15, -0.1) is 0 Å². The van der Waals surface area contributed by atoms with Crippen molar-refractivity contribution in [2.45, 2.75) is 12.6 Å². The Hall–Kier alpha value is -0.970. The molecule has 1 atom stereocenters.